The van der Waals surface area contributed by atoms with Gasteiger partial charge in [0.1, 0.15) is 0 Å². The quantitative estimate of drug-likeness (QED) is 0.879. The number of nitrogens with zero attached hydrogens (tertiary/aromatic N) is 2. The third kappa shape index (κ3) is 3.58. The summed E-state index contributed by atoms with van der Waals surface area (Å²) in [7, 11) is 0. The molecule has 6 heteroatoms. The van der Waals surface area contributed by atoms with Crippen molar-refractivity contribution < 1.29 is 4.79 Å². The van der Waals surface area contributed by atoms with E-state index in [0.717, 1.165) is 12.8 Å². The summed E-state index contributed by atoms with van der Waals surface area (Å²) in [6, 6.07) is 1.49. The molecule has 3 rings (SSSR count). The molecule has 2 aliphatic rings. The molecule has 0 aliphatic carbocycles. The third-order valence-corrected chi connectivity index (χ3v) is 4.34. The van der Waals surface area contributed by atoms with Gasteiger partial charge >= 0.3 is 0 Å². The van der Waals surface area contributed by atoms with Crippen LogP contribution in [-0.4, -0.2) is 33.8 Å². The minimum atomic E-state index is -0.0909. The van der Waals surface area contributed by atoms with Gasteiger partial charge in [0.15, 0.2) is 0 Å². The molecule has 118 valence electrons. The Morgan fingerprint density at radius 1 is 1.33 bits per heavy atom. The highest BCUT2D eigenvalue weighted by molar-refractivity contribution is 5.93. The molecular formula is C15H25ClN4O. The Morgan fingerprint density at radius 2 is 1.95 bits per heavy atom. The van der Waals surface area contributed by atoms with Crippen LogP contribution in [0, 0.1) is 0 Å². The number of halogens is 1. The first-order valence-corrected chi connectivity index (χ1v) is 7.54. The molecule has 0 spiro atoms. The number of rotatable bonds is 2. The number of carbonyl (C=O) groups is 1. The summed E-state index contributed by atoms with van der Waals surface area (Å²) in [5.41, 5.74) is 0.567. The topological polar surface area (TPSA) is 59.0 Å². The van der Waals surface area contributed by atoms with Gasteiger partial charge in [-0.2, -0.15) is 5.10 Å². The smallest absolute Gasteiger partial charge is 0.254 e. The summed E-state index contributed by atoms with van der Waals surface area (Å²) in [6.07, 6.45) is 8.10. The Balaban J connectivity index is 0.00000161. The highest BCUT2D eigenvalue weighted by atomic mass is 35.5. The Hall–Kier alpha value is -1.07. The largest absolute Gasteiger partial charge is 0.349 e. The van der Waals surface area contributed by atoms with E-state index in [9.17, 15) is 4.79 Å². The molecule has 2 fully saturated rings. The van der Waals surface area contributed by atoms with E-state index in [1.807, 2.05) is 10.9 Å². The zero-order chi connectivity index (χ0) is 14.3. The summed E-state index contributed by atoms with van der Waals surface area (Å²) in [5.74, 6) is 0.00630. The lowest BCUT2D eigenvalue weighted by Gasteiger charge is -2.29. The highest BCUT2D eigenvalue weighted by Gasteiger charge is 2.34. The SMILES string of the molecule is CC(C)(C)n1cc(C(=O)NC2CC3CCC(C2)N3)cn1.Cl. The van der Waals surface area contributed by atoms with Crippen molar-refractivity contribution in [2.24, 2.45) is 0 Å². The van der Waals surface area contributed by atoms with Crippen LogP contribution >= 0.6 is 12.4 Å². The number of hydrogen-bond donors (Lipinski definition) is 2. The van der Waals surface area contributed by atoms with E-state index in [4.69, 9.17) is 0 Å². The van der Waals surface area contributed by atoms with Crippen molar-refractivity contribution in [3.8, 4) is 0 Å². The first-order chi connectivity index (χ1) is 9.41. The predicted octanol–water partition coefficient (Wildman–Crippen LogP) is 2.07. The number of carbonyl (C=O) groups excluding carboxylic acids is 1. The van der Waals surface area contributed by atoms with Crippen LogP contribution in [0.4, 0.5) is 0 Å². The second-order valence-electron chi connectivity index (χ2n) is 7.12. The van der Waals surface area contributed by atoms with Gasteiger partial charge in [-0.1, -0.05) is 0 Å². The number of amides is 1. The zero-order valence-corrected chi connectivity index (χ0v) is 13.7. The minimum Gasteiger partial charge on any atom is -0.349 e. The van der Waals surface area contributed by atoms with Gasteiger partial charge in [0.2, 0.25) is 0 Å². The standard InChI is InChI=1S/C15H24N4O.ClH/c1-15(2,3)19-9-10(8-16-19)14(20)18-13-6-11-4-5-12(7-13)17-11;/h8-9,11-13,17H,4-7H2,1-3H3,(H,18,20);1H. The molecule has 2 bridgehead atoms. The van der Waals surface area contributed by atoms with Crippen molar-refractivity contribution in [2.45, 2.75) is 70.1 Å². The van der Waals surface area contributed by atoms with E-state index in [-0.39, 0.29) is 23.9 Å². The van der Waals surface area contributed by atoms with Gasteiger partial charge in [-0.05, 0) is 46.5 Å². The van der Waals surface area contributed by atoms with Crippen LogP contribution in [0.25, 0.3) is 0 Å². The van der Waals surface area contributed by atoms with E-state index in [1.165, 1.54) is 12.8 Å². The Bertz CT molecular complexity index is 496. The number of piperidine rings is 1. The minimum absolute atomic E-state index is 0. The molecule has 2 N–H and O–H groups in total. The lowest BCUT2D eigenvalue weighted by atomic mass is 9.99. The van der Waals surface area contributed by atoms with E-state index >= 15 is 0 Å². The Labute approximate surface area is 132 Å². The predicted molar refractivity (Wildman–Crippen MR) is 84.9 cm³/mol. The maximum Gasteiger partial charge on any atom is 0.254 e. The lowest BCUT2D eigenvalue weighted by Crippen LogP contribution is -2.48. The van der Waals surface area contributed by atoms with E-state index < -0.39 is 0 Å². The lowest BCUT2D eigenvalue weighted by molar-refractivity contribution is 0.0924. The Kier molecular flexibility index (Phi) is 4.63. The molecular weight excluding hydrogens is 288 g/mol. The number of hydrogen-bond acceptors (Lipinski definition) is 3. The first-order valence-electron chi connectivity index (χ1n) is 7.54. The fraction of sp³-hybridized carbons (Fsp3) is 0.733. The summed E-state index contributed by atoms with van der Waals surface area (Å²) < 4.78 is 1.84. The average Bonchev–Trinajstić information content (AvgIpc) is 2.96. The first kappa shape index (κ1) is 16.3. The maximum atomic E-state index is 12.3. The zero-order valence-electron chi connectivity index (χ0n) is 12.9. The molecule has 2 unspecified atom stereocenters. The maximum absolute atomic E-state index is 12.3. The summed E-state index contributed by atoms with van der Waals surface area (Å²) in [5, 5.41) is 11.0. The van der Waals surface area contributed by atoms with Crippen LogP contribution in [0.5, 0.6) is 0 Å². The van der Waals surface area contributed by atoms with Gasteiger partial charge in [0.25, 0.3) is 5.91 Å². The van der Waals surface area contributed by atoms with Crippen molar-refractivity contribution in [3.05, 3.63) is 18.0 Å². The van der Waals surface area contributed by atoms with E-state index in [2.05, 4.69) is 36.5 Å². The number of nitrogens with one attached hydrogen (secondary N) is 2. The van der Waals surface area contributed by atoms with Crippen LogP contribution in [0.3, 0.4) is 0 Å². The number of fused-ring (bicyclic) bond motifs is 2. The molecule has 2 saturated heterocycles. The van der Waals surface area contributed by atoms with Crippen molar-refractivity contribution in [2.75, 3.05) is 0 Å². The molecule has 2 aliphatic heterocycles. The van der Waals surface area contributed by atoms with Crippen LogP contribution in [-0.2, 0) is 5.54 Å². The second-order valence-corrected chi connectivity index (χ2v) is 7.12. The van der Waals surface area contributed by atoms with E-state index in [0.29, 0.717) is 23.7 Å². The Morgan fingerprint density at radius 3 is 2.48 bits per heavy atom. The molecule has 1 aromatic rings. The van der Waals surface area contributed by atoms with Crippen LogP contribution in [0.15, 0.2) is 12.4 Å². The van der Waals surface area contributed by atoms with Gasteiger partial charge in [0, 0.05) is 24.3 Å². The van der Waals surface area contributed by atoms with Crippen molar-refractivity contribution in [1.82, 2.24) is 20.4 Å². The molecule has 21 heavy (non-hydrogen) atoms. The third-order valence-electron chi connectivity index (χ3n) is 4.34. The molecule has 3 heterocycles. The van der Waals surface area contributed by atoms with Gasteiger partial charge < -0.3 is 10.6 Å². The van der Waals surface area contributed by atoms with Gasteiger partial charge in [-0.15, -0.1) is 12.4 Å². The normalized spacial score (nSPS) is 28.0. The summed E-state index contributed by atoms with van der Waals surface area (Å²) in [4.78, 5) is 12.3. The van der Waals surface area contributed by atoms with E-state index in [1.54, 1.807) is 6.20 Å². The molecule has 0 saturated carbocycles. The monoisotopic (exact) mass is 312 g/mol. The highest BCUT2D eigenvalue weighted by Crippen LogP contribution is 2.27. The fourth-order valence-electron chi connectivity index (χ4n) is 3.25. The molecule has 0 aromatic carbocycles. The summed E-state index contributed by atoms with van der Waals surface area (Å²) in [6.45, 7) is 6.23. The van der Waals surface area contributed by atoms with Crippen molar-refractivity contribution >= 4 is 18.3 Å². The molecule has 1 amide bonds. The van der Waals surface area contributed by atoms with Crippen molar-refractivity contribution in [1.29, 1.82) is 0 Å². The second kappa shape index (κ2) is 5.97. The van der Waals surface area contributed by atoms with Gasteiger partial charge in [0.05, 0.1) is 17.3 Å². The molecule has 1 aromatic heterocycles. The molecule has 5 nitrogen and oxygen atoms in total. The van der Waals surface area contributed by atoms with Crippen LogP contribution in [0.2, 0.25) is 0 Å². The molecule has 2 atom stereocenters. The van der Waals surface area contributed by atoms with Gasteiger partial charge in [-0.3, -0.25) is 9.48 Å². The van der Waals surface area contributed by atoms with Crippen molar-refractivity contribution in [3.63, 3.8) is 0 Å². The van der Waals surface area contributed by atoms with Gasteiger partial charge in [-0.25, -0.2) is 0 Å². The molecule has 0 radical (unpaired) electrons. The summed E-state index contributed by atoms with van der Waals surface area (Å²) >= 11 is 0. The number of aromatic nitrogens is 2. The average molecular weight is 313 g/mol. The fourth-order valence-corrected chi connectivity index (χ4v) is 3.25. The van der Waals surface area contributed by atoms with Crippen LogP contribution < -0.4 is 10.6 Å². The van der Waals surface area contributed by atoms with Crippen LogP contribution in [0.1, 0.15) is 56.8 Å².